The molecule has 0 saturated heterocycles. The third kappa shape index (κ3) is 3.85. The number of aromatic nitrogens is 1. The maximum atomic E-state index is 12.8. The molecule has 0 spiro atoms. The summed E-state index contributed by atoms with van der Waals surface area (Å²) < 4.78 is 23.1. The lowest BCUT2D eigenvalue weighted by atomic mass is 10.1. The molecule has 2 aromatic carbocycles. The van der Waals surface area contributed by atoms with E-state index in [0.717, 1.165) is 10.9 Å². The predicted molar refractivity (Wildman–Crippen MR) is 90.1 cm³/mol. The van der Waals surface area contributed by atoms with Gasteiger partial charge in [-0.05, 0) is 37.3 Å². The molecule has 0 radical (unpaired) electrons. The monoisotopic (exact) mass is 341 g/mol. The number of carbonyl (C=O) groups excluding carboxylic acids is 2. The van der Waals surface area contributed by atoms with Crippen LogP contribution in [0, 0.1) is 5.82 Å². The lowest BCUT2D eigenvalue weighted by molar-refractivity contribution is -0.148. The van der Waals surface area contributed by atoms with Gasteiger partial charge in [0.2, 0.25) is 5.78 Å². The number of ketones is 1. The van der Waals surface area contributed by atoms with Crippen LogP contribution in [0.15, 0.2) is 54.7 Å². The number of rotatable bonds is 6. The number of aromatic amines is 1. The summed E-state index contributed by atoms with van der Waals surface area (Å²) in [5.74, 6) is -1.03. The van der Waals surface area contributed by atoms with E-state index < -0.39 is 17.9 Å². The summed E-state index contributed by atoms with van der Waals surface area (Å²) in [5.41, 5.74) is 1.30. The summed E-state index contributed by atoms with van der Waals surface area (Å²) >= 11 is 0. The van der Waals surface area contributed by atoms with Gasteiger partial charge in [-0.25, -0.2) is 9.18 Å². The van der Waals surface area contributed by atoms with Crippen LogP contribution in [-0.2, 0) is 9.53 Å². The molecule has 6 heteroatoms. The van der Waals surface area contributed by atoms with Crippen LogP contribution in [0.25, 0.3) is 10.9 Å². The van der Waals surface area contributed by atoms with Gasteiger partial charge in [0, 0.05) is 22.7 Å². The van der Waals surface area contributed by atoms with E-state index in [4.69, 9.17) is 9.47 Å². The Morgan fingerprint density at radius 1 is 1.12 bits per heavy atom. The molecule has 1 N–H and O–H groups in total. The number of H-pyrrole nitrogens is 1. The first-order chi connectivity index (χ1) is 12.0. The Morgan fingerprint density at radius 2 is 1.84 bits per heavy atom. The van der Waals surface area contributed by atoms with Crippen LogP contribution < -0.4 is 4.74 Å². The number of carbonyl (C=O) groups is 2. The van der Waals surface area contributed by atoms with Crippen molar-refractivity contribution >= 4 is 22.7 Å². The van der Waals surface area contributed by atoms with Crippen molar-refractivity contribution in [2.75, 3.05) is 6.61 Å². The summed E-state index contributed by atoms with van der Waals surface area (Å²) in [6.45, 7) is 1.15. The van der Waals surface area contributed by atoms with Crippen LogP contribution >= 0.6 is 0 Å². The summed E-state index contributed by atoms with van der Waals surface area (Å²) in [6.07, 6.45) is 0.662. The van der Waals surface area contributed by atoms with Crippen LogP contribution in [0.2, 0.25) is 0 Å². The Hall–Kier alpha value is -3.15. The van der Waals surface area contributed by atoms with Gasteiger partial charge in [-0.1, -0.05) is 18.2 Å². The van der Waals surface area contributed by atoms with E-state index in [2.05, 4.69) is 4.98 Å². The largest absolute Gasteiger partial charge is 0.482 e. The highest BCUT2D eigenvalue weighted by atomic mass is 19.1. The highest BCUT2D eigenvalue weighted by Gasteiger charge is 2.22. The van der Waals surface area contributed by atoms with E-state index in [1.54, 1.807) is 6.20 Å². The topological polar surface area (TPSA) is 68.4 Å². The van der Waals surface area contributed by atoms with Gasteiger partial charge in [0.05, 0.1) is 0 Å². The molecule has 1 heterocycles. The minimum Gasteiger partial charge on any atom is -0.482 e. The Kier molecular flexibility index (Phi) is 4.79. The van der Waals surface area contributed by atoms with Gasteiger partial charge in [0.25, 0.3) is 0 Å². The fourth-order valence-electron chi connectivity index (χ4n) is 2.45. The summed E-state index contributed by atoms with van der Waals surface area (Å²) in [4.78, 5) is 27.3. The summed E-state index contributed by atoms with van der Waals surface area (Å²) in [6, 6.07) is 12.6. The number of halogens is 1. The van der Waals surface area contributed by atoms with Crippen LogP contribution in [0.5, 0.6) is 5.75 Å². The van der Waals surface area contributed by atoms with Gasteiger partial charge in [0.1, 0.15) is 11.6 Å². The molecule has 0 aliphatic rings. The molecule has 0 aliphatic heterocycles. The molecular formula is C19H16FNO4. The number of esters is 1. The van der Waals surface area contributed by atoms with Gasteiger partial charge in [-0.15, -0.1) is 0 Å². The second-order valence-electron chi connectivity index (χ2n) is 5.49. The fourth-order valence-corrected chi connectivity index (χ4v) is 2.45. The zero-order valence-electron chi connectivity index (χ0n) is 13.5. The SMILES string of the molecule is C[C@H](OC(=O)COc1ccc(F)cc1)C(=O)c1c[nH]c2ccccc12. The third-order valence-electron chi connectivity index (χ3n) is 3.70. The number of benzene rings is 2. The van der Waals surface area contributed by atoms with Crippen molar-refractivity contribution in [2.45, 2.75) is 13.0 Å². The lowest BCUT2D eigenvalue weighted by Gasteiger charge is -2.12. The van der Waals surface area contributed by atoms with E-state index in [-0.39, 0.29) is 12.4 Å². The molecule has 1 aromatic heterocycles. The first kappa shape index (κ1) is 16.7. The smallest absolute Gasteiger partial charge is 0.344 e. The molecule has 128 valence electrons. The van der Waals surface area contributed by atoms with E-state index in [1.807, 2.05) is 24.3 Å². The molecule has 3 aromatic rings. The number of hydrogen-bond donors (Lipinski definition) is 1. The number of hydrogen-bond acceptors (Lipinski definition) is 4. The fraction of sp³-hybridized carbons (Fsp3) is 0.158. The van der Waals surface area contributed by atoms with Crippen molar-refractivity contribution in [1.29, 1.82) is 0 Å². The van der Waals surface area contributed by atoms with E-state index in [0.29, 0.717) is 11.3 Å². The number of Topliss-reactive ketones (excluding diaryl/α,β-unsaturated/α-hetero) is 1. The van der Waals surface area contributed by atoms with Gasteiger partial charge in [0.15, 0.2) is 12.7 Å². The Labute approximate surface area is 143 Å². The number of fused-ring (bicyclic) bond motifs is 1. The molecule has 0 fully saturated rings. The zero-order chi connectivity index (χ0) is 17.8. The van der Waals surface area contributed by atoms with Crippen molar-refractivity contribution < 1.29 is 23.5 Å². The molecule has 1 atom stereocenters. The van der Waals surface area contributed by atoms with Crippen LogP contribution in [0.1, 0.15) is 17.3 Å². The molecule has 0 amide bonds. The minimum atomic E-state index is -0.941. The molecular weight excluding hydrogens is 325 g/mol. The van der Waals surface area contributed by atoms with Gasteiger partial charge in [-0.2, -0.15) is 0 Å². The molecule has 3 rings (SSSR count). The molecule has 0 aliphatic carbocycles. The minimum absolute atomic E-state index is 0.299. The van der Waals surface area contributed by atoms with Crippen LogP contribution in [0.3, 0.4) is 0 Å². The quantitative estimate of drug-likeness (QED) is 0.550. The third-order valence-corrected chi connectivity index (χ3v) is 3.70. The van der Waals surface area contributed by atoms with Gasteiger partial charge in [-0.3, -0.25) is 4.79 Å². The van der Waals surface area contributed by atoms with Crippen molar-refractivity contribution in [1.82, 2.24) is 4.98 Å². The molecule has 5 nitrogen and oxygen atoms in total. The van der Waals surface area contributed by atoms with E-state index in [1.165, 1.54) is 31.2 Å². The van der Waals surface area contributed by atoms with Crippen molar-refractivity contribution in [3.8, 4) is 5.75 Å². The molecule has 0 saturated carbocycles. The first-order valence-corrected chi connectivity index (χ1v) is 7.73. The Bertz CT molecular complexity index is 901. The van der Waals surface area contributed by atoms with Crippen molar-refractivity contribution in [2.24, 2.45) is 0 Å². The number of nitrogens with one attached hydrogen (secondary N) is 1. The number of para-hydroxylation sites is 1. The highest BCUT2D eigenvalue weighted by molar-refractivity contribution is 6.10. The van der Waals surface area contributed by atoms with Crippen molar-refractivity contribution in [3.63, 3.8) is 0 Å². The van der Waals surface area contributed by atoms with Gasteiger partial charge < -0.3 is 14.5 Å². The van der Waals surface area contributed by atoms with Crippen molar-refractivity contribution in [3.05, 3.63) is 66.1 Å². The molecule has 25 heavy (non-hydrogen) atoms. The average molecular weight is 341 g/mol. The molecule has 0 bridgehead atoms. The van der Waals surface area contributed by atoms with Crippen LogP contribution in [-0.4, -0.2) is 29.4 Å². The molecule has 0 unspecified atom stereocenters. The normalized spacial score (nSPS) is 11.9. The first-order valence-electron chi connectivity index (χ1n) is 7.73. The second kappa shape index (κ2) is 7.17. The van der Waals surface area contributed by atoms with Gasteiger partial charge >= 0.3 is 5.97 Å². The second-order valence-corrected chi connectivity index (χ2v) is 5.49. The zero-order valence-corrected chi connectivity index (χ0v) is 13.5. The Balaban J connectivity index is 1.59. The summed E-state index contributed by atoms with van der Waals surface area (Å²) in [5, 5.41) is 0.776. The van der Waals surface area contributed by atoms with Crippen LogP contribution in [0.4, 0.5) is 4.39 Å². The lowest BCUT2D eigenvalue weighted by Crippen LogP contribution is -2.27. The van der Waals surface area contributed by atoms with E-state index in [9.17, 15) is 14.0 Å². The maximum Gasteiger partial charge on any atom is 0.344 e. The standard InChI is InChI=1S/C19H16FNO4/c1-12(19(23)16-10-21-17-5-3-2-4-15(16)17)25-18(22)11-24-14-8-6-13(20)7-9-14/h2-10,12,21H,11H2,1H3/t12-/m0/s1. The predicted octanol–water partition coefficient (Wildman–Crippen LogP) is 3.50. The summed E-state index contributed by atoms with van der Waals surface area (Å²) in [7, 11) is 0. The Morgan fingerprint density at radius 3 is 2.60 bits per heavy atom. The maximum absolute atomic E-state index is 12.8. The number of ether oxygens (including phenoxy) is 2. The highest BCUT2D eigenvalue weighted by Crippen LogP contribution is 2.20. The average Bonchev–Trinajstić information content (AvgIpc) is 3.04. The van der Waals surface area contributed by atoms with E-state index >= 15 is 0 Å².